The summed E-state index contributed by atoms with van der Waals surface area (Å²) in [5.74, 6) is -2.53. The molecule has 0 unspecified atom stereocenters. The highest BCUT2D eigenvalue weighted by atomic mass is 19.4. The number of nitrogens with two attached hydrogens (primary N) is 1. The third kappa shape index (κ3) is 4.49. The van der Waals surface area contributed by atoms with Crippen LogP contribution in [0.2, 0.25) is 0 Å². The van der Waals surface area contributed by atoms with E-state index in [-0.39, 0.29) is 34.4 Å². The Morgan fingerprint density at radius 3 is 2.51 bits per heavy atom. The molecular formula is C25H19F4N7O3. The van der Waals surface area contributed by atoms with Crippen molar-refractivity contribution in [2.75, 3.05) is 0 Å². The molecule has 0 fully saturated rings. The van der Waals surface area contributed by atoms with Crippen LogP contribution >= 0.6 is 0 Å². The Morgan fingerprint density at radius 1 is 1.13 bits per heavy atom. The predicted molar refractivity (Wildman–Crippen MR) is 131 cm³/mol. The highest BCUT2D eigenvalue weighted by molar-refractivity contribution is 6.00. The molecule has 0 saturated heterocycles. The van der Waals surface area contributed by atoms with E-state index in [1.165, 1.54) is 47.3 Å². The number of amides is 1. The van der Waals surface area contributed by atoms with Crippen LogP contribution in [0.1, 0.15) is 35.9 Å². The van der Waals surface area contributed by atoms with Crippen molar-refractivity contribution in [3.63, 3.8) is 0 Å². The number of ether oxygens (including phenoxy) is 1. The van der Waals surface area contributed by atoms with E-state index in [9.17, 15) is 22.8 Å². The van der Waals surface area contributed by atoms with Crippen molar-refractivity contribution in [1.29, 1.82) is 0 Å². The number of rotatable bonds is 6. The fraction of sp³-hybridized carbons (Fsp3) is 0.160. The lowest BCUT2D eigenvalue weighted by molar-refractivity contribution is -0.143. The first-order chi connectivity index (χ1) is 18.5. The first-order valence-electron chi connectivity index (χ1n) is 11.4. The number of H-pyrrole nitrogens is 1. The lowest BCUT2D eigenvalue weighted by atomic mass is 10.0. The highest BCUT2D eigenvalue weighted by Gasteiger charge is 2.42. The van der Waals surface area contributed by atoms with Crippen LogP contribution in [0.15, 0.2) is 59.8 Å². The minimum absolute atomic E-state index is 0.0802. The summed E-state index contributed by atoms with van der Waals surface area (Å²) in [6.07, 6.45) is -1.17. The number of nitrogens with zero attached hydrogens (tertiary/aromatic N) is 5. The fourth-order valence-electron chi connectivity index (χ4n) is 4.23. The summed E-state index contributed by atoms with van der Waals surface area (Å²) in [7, 11) is 0. The van der Waals surface area contributed by atoms with E-state index in [1.54, 1.807) is 13.8 Å². The Balaban J connectivity index is 1.62. The van der Waals surface area contributed by atoms with Crippen molar-refractivity contribution in [3.8, 4) is 28.4 Å². The molecule has 39 heavy (non-hydrogen) atoms. The lowest BCUT2D eigenvalue weighted by Crippen LogP contribution is -2.21. The van der Waals surface area contributed by atoms with Crippen molar-refractivity contribution in [2.24, 2.45) is 5.73 Å². The van der Waals surface area contributed by atoms with Crippen LogP contribution < -0.4 is 16.2 Å². The number of primary amides is 1. The second-order valence-corrected chi connectivity index (χ2v) is 8.70. The highest BCUT2D eigenvalue weighted by Crippen LogP contribution is 2.39. The zero-order chi connectivity index (χ0) is 28.1. The maximum atomic E-state index is 15.3. The molecule has 3 N–H and O–H groups in total. The SMILES string of the molecule is CC(C)n1c(=O)[nH]c2nccc(Oc3ccc(-c4nn(-c5cccnc5)c(C(F)(F)F)c4C(N)=O)cc3F)c21. The molecule has 0 saturated carbocycles. The maximum absolute atomic E-state index is 15.3. The van der Waals surface area contributed by atoms with E-state index in [0.29, 0.717) is 10.2 Å². The molecule has 4 aromatic heterocycles. The van der Waals surface area contributed by atoms with Crippen molar-refractivity contribution in [1.82, 2.24) is 29.3 Å². The summed E-state index contributed by atoms with van der Waals surface area (Å²) >= 11 is 0. The van der Waals surface area contributed by atoms with Crippen molar-refractivity contribution >= 4 is 17.1 Å². The number of hydrogen-bond acceptors (Lipinski definition) is 6. The third-order valence-corrected chi connectivity index (χ3v) is 5.80. The number of aromatic nitrogens is 6. The number of halogens is 4. The quantitative estimate of drug-likeness (QED) is 0.302. The Labute approximate surface area is 216 Å². The molecule has 0 radical (unpaired) electrons. The number of carbonyl (C=O) groups excluding carboxylic acids is 1. The molecule has 1 amide bonds. The van der Waals surface area contributed by atoms with E-state index in [2.05, 4.69) is 20.1 Å². The second kappa shape index (κ2) is 9.38. The van der Waals surface area contributed by atoms with Gasteiger partial charge in [-0.2, -0.15) is 18.3 Å². The Kier molecular flexibility index (Phi) is 6.17. The van der Waals surface area contributed by atoms with Gasteiger partial charge in [0.1, 0.15) is 11.2 Å². The summed E-state index contributed by atoms with van der Waals surface area (Å²) < 4.78 is 65.1. The number of benzene rings is 1. The minimum atomic E-state index is -5.03. The van der Waals surface area contributed by atoms with Crippen LogP contribution in [0.3, 0.4) is 0 Å². The van der Waals surface area contributed by atoms with E-state index in [1.807, 2.05) is 0 Å². The zero-order valence-corrected chi connectivity index (χ0v) is 20.3. The summed E-state index contributed by atoms with van der Waals surface area (Å²) in [6, 6.07) is 7.17. The fourth-order valence-corrected chi connectivity index (χ4v) is 4.23. The van der Waals surface area contributed by atoms with Gasteiger partial charge in [0.05, 0.1) is 17.4 Å². The van der Waals surface area contributed by atoms with E-state index < -0.39 is 40.5 Å². The number of alkyl halides is 3. The molecule has 200 valence electrons. The molecule has 5 rings (SSSR count). The van der Waals surface area contributed by atoms with Crippen LogP contribution in [-0.2, 0) is 6.18 Å². The molecular weight excluding hydrogens is 522 g/mol. The molecule has 0 atom stereocenters. The Hall–Kier alpha value is -5.01. The largest absolute Gasteiger partial charge is 0.452 e. The molecule has 10 nitrogen and oxygen atoms in total. The van der Waals surface area contributed by atoms with Gasteiger partial charge in [-0.05, 0) is 44.2 Å². The smallest absolute Gasteiger partial charge is 0.434 e. The van der Waals surface area contributed by atoms with Crippen LogP contribution in [0, 0.1) is 5.82 Å². The summed E-state index contributed by atoms with van der Waals surface area (Å²) in [4.78, 5) is 35.1. The van der Waals surface area contributed by atoms with Gasteiger partial charge >= 0.3 is 11.9 Å². The van der Waals surface area contributed by atoms with E-state index >= 15 is 4.39 Å². The van der Waals surface area contributed by atoms with Gasteiger partial charge in [0.2, 0.25) is 0 Å². The molecule has 4 heterocycles. The number of fused-ring (bicyclic) bond motifs is 1. The number of imidazole rings is 1. The van der Waals surface area contributed by atoms with E-state index in [4.69, 9.17) is 10.5 Å². The van der Waals surface area contributed by atoms with Crippen molar-refractivity contribution < 1.29 is 27.1 Å². The number of pyridine rings is 2. The van der Waals surface area contributed by atoms with Gasteiger partial charge in [0.25, 0.3) is 5.91 Å². The summed E-state index contributed by atoms with van der Waals surface area (Å²) in [5, 5.41) is 3.97. The predicted octanol–water partition coefficient (Wildman–Crippen LogP) is 4.60. The molecule has 5 aromatic rings. The topological polar surface area (TPSA) is 134 Å². The van der Waals surface area contributed by atoms with Gasteiger partial charge in [0, 0.05) is 30.1 Å². The van der Waals surface area contributed by atoms with Gasteiger partial charge in [-0.25, -0.2) is 18.9 Å². The molecule has 1 aromatic carbocycles. The number of hydrogen-bond donors (Lipinski definition) is 2. The van der Waals surface area contributed by atoms with E-state index in [0.717, 1.165) is 12.3 Å². The molecule has 0 aliphatic carbocycles. The van der Waals surface area contributed by atoms with Crippen LogP contribution in [0.5, 0.6) is 11.5 Å². The normalized spacial score (nSPS) is 11.9. The third-order valence-electron chi connectivity index (χ3n) is 5.80. The Morgan fingerprint density at radius 2 is 1.90 bits per heavy atom. The van der Waals surface area contributed by atoms with Crippen molar-refractivity contribution in [2.45, 2.75) is 26.1 Å². The molecule has 0 aliphatic heterocycles. The number of nitrogens with one attached hydrogen (secondary N) is 1. The van der Waals surface area contributed by atoms with Gasteiger partial charge in [-0.3, -0.25) is 19.3 Å². The van der Waals surface area contributed by atoms with Crippen LogP contribution in [0.25, 0.3) is 28.1 Å². The van der Waals surface area contributed by atoms with Gasteiger partial charge in [-0.15, -0.1) is 0 Å². The van der Waals surface area contributed by atoms with Crippen molar-refractivity contribution in [3.05, 3.63) is 82.5 Å². The summed E-state index contributed by atoms with van der Waals surface area (Å²) in [6.45, 7) is 3.55. The van der Waals surface area contributed by atoms with Gasteiger partial charge in [-0.1, -0.05) is 0 Å². The monoisotopic (exact) mass is 541 g/mol. The van der Waals surface area contributed by atoms with Crippen LogP contribution in [0.4, 0.5) is 17.6 Å². The number of carbonyl (C=O) groups is 1. The summed E-state index contributed by atoms with van der Waals surface area (Å²) in [5.41, 5.74) is 2.40. The first kappa shape index (κ1) is 25.6. The minimum Gasteiger partial charge on any atom is -0.452 e. The lowest BCUT2D eigenvalue weighted by Gasteiger charge is -2.12. The molecule has 0 aliphatic rings. The first-order valence-corrected chi connectivity index (χ1v) is 11.4. The standard InChI is InChI=1S/C25H19F4N7O3/c1-12(2)35-20-17(7-9-32-23(20)33-24(35)38)39-16-6-5-13(10-15(16)26)19-18(22(30)37)21(25(27,28)29)36(34-19)14-4-3-8-31-11-14/h3-12H,1-2H3,(H2,30,37)(H,32,33,38). The van der Waals surface area contributed by atoms with Gasteiger partial charge < -0.3 is 10.5 Å². The van der Waals surface area contributed by atoms with Gasteiger partial charge in [0.15, 0.2) is 28.7 Å². The molecule has 14 heteroatoms. The molecule has 0 spiro atoms. The van der Waals surface area contributed by atoms with Crippen LogP contribution in [-0.4, -0.2) is 35.2 Å². The molecule has 0 bridgehead atoms. The Bertz CT molecular complexity index is 1770. The number of aromatic amines is 1. The maximum Gasteiger partial charge on any atom is 0.434 e. The average Bonchev–Trinajstić information content (AvgIpc) is 3.45. The average molecular weight is 541 g/mol. The second-order valence-electron chi connectivity index (χ2n) is 8.70. The zero-order valence-electron chi connectivity index (χ0n) is 20.3.